The van der Waals surface area contributed by atoms with Crippen LogP contribution in [0.4, 0.5) is 8.78 Å². The Bertz CT molecular complexity index is 396. The summed E-state index contributed by atoms with van der Waals surface area (Å²) in [5, 5.41) is 0. The predicted octanol–water partition coefficient (Wildman–Crippen LogP) is 3.26. The van der Waals surface area contributed by atoms with E-state index in [0.717, 1.165) is 6.07 Å². The Labute approximate surface area is 103 Å². The predicted molar refractivity (Wildman–Crippen MR) is 62.9 cm³/mol. The van der Waals surface area contributed by atoms with Crippen LogP contribution in [0.15, 0.2) is 23.1 Å². The van der Waals surface area contributed by atoms with Crippen LogP contribution >= 0.6 is 11.8 Å². The summed E-state index contributed by atoms with van der Waals surface area (Å²) in [5.41, 5.74) is 0. The number of carbonyl (C=O) groups excluding carboxylic acids is 1. The lowest BCUT2D eigenvalue weighted by Crippen LogP contribution is -2.16. The van der Waals surface area contributed by atoms with Crippen molar-refractivity contribution in [1.82, 2.24) is 0 Å². The van der Waals surface area contributed by atoms with Crippen LogP contribution in [-0.2, 0) is 9.53 Å². The molecule has 1 rings (SSSR count). The molecule has 5 heteroatoms. The van der Waals surface area contributed by atoms with Gasteiger partial charge in [0.1, 0.15) is 11.6 Å². The number of hydrogen-bond donors (Lipinski definition) is 0. The zero-order chi connectivity index (χ0) is 12.8. The third-order valence-corrected chi connectivity index (χ3v) is 3.38. The molecule has 0 aromatic heterocycles. The number of ether oxygens (including phenoxy) is 1. The molecule has 0 bridgehead atoms. The molecule has 1 unspecified atom stereocenters. The fraction of sp³-hybridized carbons (Fsp3) is 0.417. The summed E-state index contributed by atoms with van der Waals surface area (Å²) in [6.07, 6.45) is 0. The van der Waals surface area contributed by atoms with Crippen molar-refractivity contribution in [3.63, 3.8) is 0 Å². The molecule has 1 aromatic carbocycles. The van der Waals surface area contributed by atoms with E-state index >= 15 is 0 Å². The van der Waals surface area contributed by atoms with E-state index in [9.17, 15) is 13.6 Å². The molecular weight excluding hydrogens is 246 g/mol. The van der Waals surface area contributed by atoms with Crippen molar-refractivity contribution in [2.45, 2.75) is 18.7 Å². The monoisotopic (exact) mass is 260 g/mol. The molecule has 0 saturated heterocycles. The van der Waals surface area contributed by atoms with Gasteiger partial charge in [-0.05, 0) is 19.1 Å². The van der Waals surface area contributed by atoms with Gasteiger partial charge in [0, 0.05) is 16.7 Å². The molecule has 0 radical (unpaired) electrons. The smallest absolute Gasteiger partial charge is 0.309 e. The van der Waals surface area contributed by atoms with Crippen molar-refractivity contribution in [1.29, 1.82) is 0 Å². The Kier molecular flexibility index (Phi) is 5.41. The molecule has 0 heterocycles. The van der Waals surface area contributed by atoms with Gasteiger partial charge < -0.3 is 4.74 Å². The Morgan fingerprint density at radius 3 is 2.76 bits per heavy atom. The highest BCUT2D eigenvalue weighted by molar-refractivity contribution is 7.99. The normalized spacial score (nSPS) is 12.2. The van der Waals surface area contributed by atoms with Crippen LogP contribution in [0.2, 0.25) is 0 Å². The third kappa shape index (κ3) is 4.34. The molecule has 94 valence electrons. The lowest BCUT2D eigenvalue weighted by atomic mass is 10.2. The van der Waals surface area contributed by atoms with Crippen LogP contribution in [0.5, 0.6) is 0 Å². The van der Waals surface area contributed by atoms with E-state index in [0.29, 0.717) is 17.3 Å². The SMILES string of the molecule is CCOC(=O)C(C)CSc1ccc(F)cc1F. The molecule has 0 amide bonds. The number of benzene rings is 1. The quantitative estimate of drug-likeness (QED) is 0.600. The average molecular weight is 260 g/mol. The van der Waals surface area contributed by atoms with E-state index in [1.165, 1.54) is 23.9 Å². The summed E-state index contributed by atoms with van der Waals surface area (Å²) < 4.78 is 30.8. The maximum Gasteiger partial charge on any atom is 0.309 e. The van der Waals surface area contributed by atoms with Gasteiger partial charge in [0.2, 0.25) is 0 Å². The second kappa shape index (κ2) is 6.59. The molecular formula is C12H14F2O2S. The van der Waals surface area contributed by atoms with Crippen molar-refractivity contribution in [2.75, 3.05) is 12.4 Å². The summed E-state index contributed by atoms with van der Waals surface area (Å²) in [4.78, 5) is 11.6. The Morgan fingerprint density at radius 2 is 2.18 bits per heavy atom. The lowest BCUT2D eigenvalue weighted by Gasteiger charge is -2.10. The minimum atomic E-state index is -0.606. The third-order valence-electron chi connectivity index (χ3n) is 2.07. The highest BCUT2D eigenvalue weighted by atomic mass is 32.2. The van der Waals surface area contributed by atoms with Gasteiger partial charge in [0.25, 0.3) is 0 Å². The largest absolute Gasteiger partial charge is 0.466 e. The first kappa shape index (κ1) is 14.0. The van der Waals surface area contributed by atoms with Crippen LogP contribution < -0.4 is 0 Å². The van der Waals surface area contributed by atoms with Crippen LogP contribution in [0.3, 0.4) is 0 Å². The summed E-state index contributed by atoms with van der Waals surface area (Å²) in [6, 6.07) is 3.39. The summed E-state index contributed by atoms with van der Waals surface area (Å²) >= 11 is 1.18. The molecule has 0 spiro atoms. The molecule has 0 fully saturated rings. The average Bonchev–Trinajstić information content (AvgIpc) is 2.27. The number of carbonyl (C=O) groups is 1. The number of halogens is 2. The Hall–Kier alpha value is -1.10. The first-order chi connectivity index (χ1) is 8.04. The second-order valence-corrected chi connectivity index (χ2v) is 4.60. The van der Waals surface area contributed by atoms with Gasteiger partial charge in [0.05, 0.1) is 12.5 Å². The van der Waals surface area contributed by atoms with Gasteiger partial charge in [0.15, 0.2) is 0 Å². The molecule has 0 saturated carbocycles. The van der Waals surface area contributed by atoms with Crippen LogP contribution in [0, 0.1) is 17.6 Å². The van der Waals surface area contributed by atoms with Crippen molar-refractivity contribution < 1.29 is 18.3 Å². The fourth-order valence-electron chi connectivity index (χ4n) is 1.16. The highest BCUT2D eigenvalue weighted by Crippen LogP contribution is 2.24. The van der Waals surface area contributed by atoms with Crippen molar-refractivity contribution in [2.24, 2.45) is 5.92 Å². The summed E-state index contributed by atoms with van der Waals surface area (Å²) in [6.45, 7) is 3.78. The minimum absolute atomic E-state index is 0.303. The summed E-state index contributed by atoms with van der Waals surface area (Å²) in [7, 11) is 0. The van der Waals surface area contributed by atoms with Crippen molar-refractivity contribution >= 4 is 17.7 Å². The van der Waals surface area contributed by atoms with E-state index in [1.54, 1.807) is 13.8 Å². The van der Waals surface area contributed by atoms with Gasteiger partial charge in [-0.3, -0.25) is 4.79 Å². The van der Waals surface area contributed by atoms with E-state index in [1.807, 2.05) is 0 Å². The molecule has 0 aliphatic heterocycles. The summed E-state index contributed by atoms with van der Waals surface area (Å²) in [5.74, 6) is -1.43. The van der Waals surface area contributed by atoms with Gasteiger partial charge in [-0.25, -0.2) is 8.78 Å². The number of thioether (sulfide) groups is 1. The maximum atomic E-state index is 13.3. The van der Waals surface area contributed by atoms with Gasteiger partial charge in [-0.15, -0.1) is 11.8 Å². The number of rotatable bonds is 5. The van der Waals surface area contributed by atoms with Crippen molar-refractivity contribution in [3.8, 4) is 0 Å². The molecule has 0 aliphatic carbocycles. The van der Waals surface area contributed by atoms with Crippen LogP contribution in [-0.4, -0.2) is 18.3 Å². The maximum absolute atomic E-state index is 13.3. The van der Waals surface area contributed by atoms with Gasteiger partial charge in [-0.1, -0.05) is 6.92 Å². The second-order valence-electron chi connectivity index (χ2n) is 3.54. The molecule has 0 aliphatic rings. The van der Waals surface area contributed by atoms with Crippen LogP contribution in [0.25, 0.3) is 0 Å². The molecule has 1 aromatic rings. The van der Waals surface area contributed by atoms with Gasteiger partial charge >= 0.3 is 5.97 Å². The van der Waals surface area contributed by atoms with Crippen LogP contribution in [0.1, 0.15) is 13.8 Å². The lowest BCUT2D eigenvalue weighted by molar-refractivity contribution is -0.146. The topological polar surface area (TPSA) is 26.3 Å². The highest BCUT2D eigenvalue weighted by Gasteiger charge is 2.15. The van der Waals surface area contributed by atoms with E-state index in [2.05, 4.69) is 0 Å². The number of hydrogen-bond acceptors (Lipinski definition) is 3. The zero-order valence-electron chi connectivity index (χ0n) is 9.70. The molecule has 1 atom stereocenters. The minimum Gasteiger partial charge on any atom is -0.466 e. The first-order valence-electron chi connectivity index (χ1n) is 5.29. The first-order valence-corrected chi connectivity index (χ1v) is 6.27. The zero-order valence-corrected chi connectivity index (χ0v) is 10.5. The van der Waals surface area contributed by atoms with Gasteiger partial charge in [-0.2, -0.15) is 0 Å². The van der Waals surface area contributed by atoms with E-state index in [-0.39, 0.29) is 11.9 Å². The standard InChI is InChI=1S/C12H14F2O2S/c1-3-16-12(15)8(2)7-17-11-5-4-9(13)6-10(11)14/h4-6,8H,3,7H2,1-2H3. The Morgan fingerprint density at radius 1 is 1.47 bits per heavy atom. The van der Waals surface area contributed by atoms with E-state index < -0.39 is 11.6 Å². The number of esters is 1. The molecule has 17 heavy (non-hydrogen) atoms. The van der Waals surface area contributed by atoms with Crippen molar-refractivity contribution in [3.05, 3.63) is 29.8 Å². The fourth-order valence-corrected chi connectivity index (χ4v) is 2.09. The molecule has 2 nitrogen and oxygen atoms in total. The Balaban J connectivity index is 2.52. The van der Waals surface area contributed by atoms with E-state index in [4.69, 9.17) is 4.74 Å². The molecule has 0 N–H and O–H groups in total.